The molecule has 1 fully saturated rings. The van der Waals surface area contributed by atoms with Crippen molar-refractivity contribution in [2.45, 2.75) is 0 Å². The topological polar surface area (TPSA) is 59.7 Å². The van der Waals surface area contributed by atoms with Gasteiger partial charge in [0, 0.05) is 29.4 Å². The highest BCUT2D eigenvalue weighted by atomic mass is 79.9. The van der Waals surface area contributed by atoms with Crippen LogP contribution >= 0.6 is 27.3 Å². The van der Waals surface area contributed by atoms with Gasteiger partial charge in [-0.05, 0) is 45.8 Å². The van der Waals surface area contributed by atoms with E-state index in [1.54, 1.807) is 10.6 Å². The molecule has 0 atom stereocenters. The van der Waals surface area contributed by atoms with Crippen LogP contribution in [0.25, 0.3) is 22.2 Å². The van der Waals surface area contributed by atoms with Crippen LogP contribution in [0, 0.1) is 0 Å². The highest BCUT2D eigenvalue weighted by Gasteiger charge is 2.13. The Morgan fingerprint density at radius 2 is 1.96 bits per heavy atom. The maximum Gasteiger partial charge on any atom is 0.276 e. The first kappa shape index (κ1) is 16.9. The van der Waals surface area contributed by atoms with Crippen LogP contribution in [0.2, 0.25) is 0 Å². The largest absolute Gasteiger partial charge is 0.378 e. The summed E-state index contributed by atoms with van der Waals surface area (Å²) in [5.41, 5.74) is 3.41. The molecule has 0 N–H and O–H groups in total. The van der Waals surface area contributed by atoms with Gasteiger partial charge in [0.25, 0.3) is 5.56 Å². The summed E-state index contributed by atoms with van der Waals surface area (Å²) in [6.07, 6.45) is 3.59. The Labute approximate surface area is 166 Å². The second-order valence-electron chi connectivity index (χ2n) is 6.33. The minimum Gasteiger partial charge on any atom is -0.378 e. The van der Waals surface area contributed by atoms with E-state index in [-0.39, 0.29) is 5.56 Å². The first-order valence-electron chi connectivity index (χ1n) is 8.60. The highest BCUT2D eigenvalue weighted by molar-refractivity contribution is 9.10. The van der Waals surface area contributed by atoms with Crippen LogP contribution in [-0.4, -0.2) is 40.7 Å². The number of anilines is 1. The van der Waals surface area contributed by atoms with Gasteiger partial charge in [0.15, 0.2) is 10.6 Å². The van der Waals surface area contributed by atoms with Crippen molar-refractivity contribution in [1.82, 2.24) is 14.4 Å². The van der Waals surface area contributed by atoms with Gasteiger partial charge >= 0.3 is 0 Å². The lowest BCUT2D eigenvalue weighted by molar-refractivity contribution is 0.122. The molecule has 1 aromatic carbocycles. The third-order valence-corrected chi connectivity index (χ3v) is 6.02. The van der Waals surface area contributed by atoms with Crippen LogP contribution in [0.15, 0.2) is 45.8 Å². The summed E-state index contributed by atoms with van der Waals surface area (Å²) in [4.78, 5) is 24.7. The van der Waals surface area contributed by atoms with Crippen molar-refractivity contribution in [1.29, 1.82) is 0 Å². The Kier molecular flexibility index (Phi) is 4.18. The zero-order valence-corrected chi connectivity index (χ0v) is 16.7. The van der Waals surface area contributed by atoms with Crippen LogP contribution in [-0.2, 0) is 4.74 Å². The van der Waals surface area contributed by atoms with Gasteiger partial charge in [-0.2, -0.15) is 0 Å². The standard InChI is InChI=1S/C19H15BrN4O2S/c20-13-10-15-17(21-11-13)24-18(25)16(27-19(24)22-15)9-12-1-3-14(4-2-12)23-5-7-26-8-6-23/h1-4,9-11H,5-8H2. The van der Waals surface area contributed by atoms with E-state index in [0.717, 1.165) is 36.3 Å². The van der Waals surface area contributed by atoms with E-state index in [4.69, 9.17) is 4.74 Å². The lowest BCUT2D eigenvalue weighted by Crippen LogP contribution is -2.36. The van der Waals surface area contributed by atoms with Gasteiger partial charge in [-0.1, -0.05) is 23.5 Å². The maximum atomic E-state index is 12.8. The van der Waals surface area contributed by atoms with Gasteiger partial charge in [0.2, 0.25) is 0 Å². The molecule has 1 saturated heterocycles. The van der Waals surface area contributed by atoms with Gasteiger partial charge in [-0.25, -0.2) is 14.4 Å². The summed E-state index contributed by atoms with van der Waals surface area (Å²) in [7, 11) is 0. The number of fused-ring (bicyclic) bond motifs is 3. The summed E-state index contributed by atoms with van der Waals surface area (Å²) in [6, 6.07) is 10.1. The predicted molar refractivity (Wildman–Crippen MR) is 111 cm³/mol. The number of thiazole rings is 1. The molecule has 1 aliphatic rings. The molecular formula is C19H15BrN4O2S. The van der Waals surface area contributed by atoms with E-state index in [9.17, 15) is 4.79 Å². The summed E-state index contributed by atoms with van der Waals surface area (Å²) in [5, 5.41) is 0. The molecule has 4 heterocycles. The first-order valence-corrected chi connectivity index (χ1v) is 10.2. The summed E-state index contributed by atoms with van der Waals surface area (Å²) in [6.45, 7) is 3.35. The molecule has 5 rings (SSSR count). The second-order valence-corrected chi connectivity index (χ2v) is 8.26. The van der Waals surface area contributed by atoms with E-state index in [2.05, 4.69) is 42.9 Å². The quantitative estimate of drug-likeness (QED) is 0.477. The Morgan fingerprint density at radius 1 is 1.19 bits per heavy atom. The normalized spacial score (nSPS) is 15.9. The Bertz CT molecular complexity index is 1240. The fourth-order valence-corrected chi connectivity index (χ4v) is 4.56. The highest BCUT2D eigenvalue weighted by Crippen LogP contribution is 2.19. The number of ether oxygens (including phenoxy) is 1. The number of pyridine rings is 1. The molecule has 1 aliphatic heterocycles. The molecule has 27 heavy (non-hydrogen) atoms. The maximum absolute atomic E-state index is 12.8. The zero-order chi connectivity index (χ0) is 18.4. The van der Waals surface area contributed by atoms with E-state index < -0.39 is 0 Å². The van der Waals surface area contributed by atoms with Crippen molar-refractivity contribution >= 4 is 55.2 Å². The van der Waals surface area contributed by atoms with E-state index in [0.29, 0.717) is 20.7 Å². The molecule has 3 aromatic heterocycles. The monoisotopic (exact) mass is 442 g/mol. The molecule has 136 valence electrons. The summed E-state index contributed by atoms with van der Waals surface area (Å²) >= 11 is 4.77. The first-order chi connectivity index (χ1) is 13.2. The van der Waals surface area contributed by atoms with Crippen molar-refractivity contribution in [3.05, 3.63) is 61.5 Å². The molecular weight excluding hydrogens is 428 g/mol. The molecule has 0 amide bonds. The van der Waals surface area contributed by atoms with E-state index in [1.165, 1.54) is 17.0 Å². The van der Waals surface area contributed by atoms with Crippen molar-refractivity contribution in [2.24, 2.45) is 0 Å². The molecule has 0 bridgehead atoms. The molecule has 4 aromatic rings. The summed E-state index contributed by atoms with van der Waals surface area (Å²) in [5.74, 6) is 0. The van der Waals surface area contributed by atoms with E-state index in [1.807, 2.05) is 24.3 Å². The average Bonchev–Trinajstić information content (AvgIpc) is 3.19. The summed E-state index contributed by atoms with van der Waals surface area (Å²) < 4.78 is 8.49. The van der Waals surface area contributed by atoms with Crippen molar-refractivity contribution in [3.63, 3.8) is 0 Å². The zero-order valence-electron chi connectivity index (χ0n) is 14.3. The minimum atomic E-state index is -0.0791. The molecule has 0 unspecified atom stereocenters. The minimum absolute atomic E-state index is 0.0791. The third-order valence-electron chi connectivity index (χ3n) is 4.62. The van der Waals surface area contributed by atoms with Crippen LogP contribution in [0.1, 0.15) is 5.56 Å². The molecule has 0 aliphatic carbocycles. The van der Waals surface area contributed by atoms with Crippen LogP contribution < -0.4 is 15.0 Å². The molecule has 8 heteroatoms. The Morgan fingerprint density at radius 3 is 2.74 bits per heavy atom. The number of aromatic nitrogens is 3. The van der Waals surface area contributed by atoms with Gasteiger partial charge in [0.1, 0.15) is 5.52 Å². The number of halogens is 1. The van der Waals surface area contributed by atoms with Crippen LogP contribution in [0.3, 0.4) is 0 Å². The van der Waals surface area contributed by atoms with Crippen molar-refractivity contribution < 1.29 is 4.74 Å². The van der Waals surface area contributed by atoms with Gasteiger partial charge in [-0.3, -0.25) is 4.79 Å². The predicted octanol–water partition coefficient (Wildman–Crippen LogP) is 2.45. The third kappa shape index (κ3) is 3.03. The number of rotatable bonds is 2. The lowest BCUT2D eigenvalue weighted by atomic mass is 10.2. The number of morpholine rings is 1. The number of nitrogens with zero attached hydrogens (tertiary/aromatic N) is 4. The number of hydrogen-bond donors (Lipinski definition) is 0. The van der Waals surface area contributed by atoms with Crippen LogP contribution in [0.5, 0.6) is 0 Å². The molecule has 0 saturated carbocycles. The number of benzene rings is 1. The fraction of sp³-hybridized carbons (Fsp3) is 0.211. The smallest absolute Gasteiger partial charge is 0.276 e. The van der Waals surface area contributed by atoms with Gasteiger partial charge < -0.3 is 9.64 Å². The average molecular weight is 443 g/mol. The van der Waals surface area contributed by atoms with Gasteiger partial charge in [-0.15, -0.1) is 0 Å². The lowest BCUT2D eigenvalue weighted by Gasteiger charge is -2.28. The van der Waals surface area contributed by atoms with Crippen molar-refractivity contribution in [2.75, 3.05) is 31.2 Å². The van der Waals surface area contributed by atoms with Gasteiger partial charge in [0.05, 0.1) is 17.7 Å². The molecule has 6 nitrogen and oxygen atoms in total. The molecule has 0 spiro atoms. The number of imidazole rings is 1. The SMILES string of the molecule is O=c1c(=Cc2ccc(N3CCOCC3)cc2)sc2nc3cc(Br)cnc3n12. The number of hydrogen-bond acceptors (Lipinski definition) is 6. The second kappa shape index (κ2) is 6.70. The van der Waals surface area contributed by atoms with Crippen molar-refractivity contribution in [3.8, 4) is 0 Å². The fourth-order valence-electron chi connectivity index (χ4n) is 3.27. The Hall–Kier alpha value is -2.29. The van der Waals surface area contributed by atoms with E-state index >= 15 is 0 Å². The Balaban J connectivity index is 1.53. The molecule has 0 radical (unpaired) electrons. The van der Waals surface area contributed by atoms with Crippen LogP contribution in [0.4, 0.5) is 5.69 Å².